The quantitative estimate of drug-likeness (QED) is 0.719. The van der Waals surface area contributed by atoms with Crippen LogP contribution in [0.2, 0.25) is 0 Å². The Morgan fingerprint density at radius 3 is 2.90 bits per heavy atom. The minimum absolute atomic E-state index is 0.0504. The van der Waals surface area contributed by atoms with Crippen LogP contribution in [0.5, 0.6) is 5.75 Å². The van der Waals surface area contributed by atoms with Crippen LogP contribution in [-0.2, 0) is 11.3 Å². The molecule has 1 unspecified atom stereocenters. The van der Waals surface area contributed by atoms with Crippen LogP contribution in [0.15, 0.2) is 12.1 Å². The van der Waals surface area contributed by atoms with Crippen molar-refractivity contribution >= 4 is 5.91 Å². The van der Waals surface area contributed by atoms with Crippen LogP contribution in [-0.4, -0.2) is 29.6 Å². The molecule has 1 aliphatic carbocycles. The molecular weight excluding hydrogens is 266 g/mol. The SMILES string of the molecule is CCCNCc1nc(C)ccc1OC(C)C(=O)NC1CC1. The summed E-state index contributed by atoms with van der Waals surface area (Å²) in [6.07, 6.45) is 2.73. The summed E-state index contributed by atoms with van der Waals surface area (Å²) in [5.41, 5.74) is 1.81. The number of carbonyl (C=O) groups is 1. The van der Waals surface area contributed by atoms with E-state index < -0.39 is 6.10 Å². The number of hydrogen-bond donors (Lipinski definition) is 2. The van der Waals surface area contributed by atoms with Gasteiger partial charge in [-0.2, -0.15) is 0 Å². The summed E-state index contributed by atoms with van der Waals surface area (Å²) < 4.78 is 5.81. The van der Waals surface area contributed by atoms with Crippen LogP contribution < -0.4 is 15.4 Å². The molecule has 0 aromatic carbocycles. The molecule has 1 aromatic heterocycles. The lowest BCUT2D eigenvalue weighted by Crippen LogP contribution is -2.37. The Morgan fingerprint density at radius 1 is 1.48 bits per heavy atom. The van der Waals surface area contributed by atoms with Crippen molar-refractivity contribution in [3.63, 3.8) is 0 Å². The van der Waals surface area contributed by atoms with Gasteiger partial charge in [0.15, 0.2) is 6.10 Å². The second-order valence-corrected chi connectivity index (χ2v) is 5.62. The fourth-order valence-electron chi connectivity index (χ4n) is 2.01. The molecule has 1 aliphatic rings. The van der Waals surface area contributed by atoms with E-state index in [-0.39, 0.29) is 5.91 Å². The smallest absolute Gasteiger partial charge is 0.260 e. The van der Waals surface area contributed by atoms with Gasteiger partial charge in [-0.25, -0.2) is 0 Å². The third-order valence-electron chi connectivity index (χ3n) is 3.39. The summed E-state index contributed by atoms with van der Waals surface area (Å²) in [5, 5.41) is 6.28. The zero-order chi connectivity index (χ0) is 15.2. The lowest BCUT2D eigenvalue weighted by atomic mass is 10.2. The maximum absolute atomic E-state index is 12.0. The average molecular weight is 291 g/mol. The highest BCUT2D eigenvalue weighted by Gasteiger charge is 2.26. The zero-order valence-corrected chi connectivity index (χ0v) is 13.1. The first kappa shape index (κ1) is 15.8. The fraction of sp³-hybridized carbons (Fsp3) is 0.625. The van der Waals surface area contributed by atoms with Crippen molar-refractivity contribution in [1.29, 1.82) is 0 Å². The van der Waals surface area contributed by atoms with Gasteiger partial charge < -0.3 is 15.4 Å². The molecule has 0 saturated heterocycles. The summed E-state index contributed by atoms with van der Waals surface area (Å²) in [4.78, 5) is 16.5. The monoisotopic (exact) mass is 291 g/mol. The number of nitrogens with one attached hydrogen (secondary N) is 2. The van der Waals surface area contributed by atoms with E-state index in [1.807, 2.05) is 19.1 Å². The van der Waals surface area contributed by atoms with Crippen molar-refractivity contribution in [3.8, 4) is 5.75 Å². The van der Waals surface area contributed by atoms with E-state index in [0.717, 1.165) is 37.2 Å². The number of amides is 1. The predicted molar refractivity (Wildman–Crippen MR) is 82.2 cm³/mol. The summed E-state index contributed by atoms with van der Waals surface area (Å²) in [6.45, 7) is 7.45. The van der Waals surface area contributed by atoms with Gasteiger partial charge >= 0.3 is 0 Å². The normalized spacial score (nSPS) is 15.6. The standard InChI is InChI=1S/C16H25N3O2/c1-4-9-17-10-14-15(8-5-11(2)18-14)21-12(3)16(20)19-13-6-7-13/h5,8,12-13,17H,4,6-7,9-10H2,1-3H3,(H,19,20). The van der Waals surface area contributed by atoms with Crippen molar-refractivity contribution < 1.29 is 9.53 Å². The van der Waals surface area contributed by atoms with E-state index >= 15 is 0 Å². The number of rotatable bonds is 8. The molecule has 5 nitrogen and oxygen atoms in total. The summed E-state index contributed by atoms with van der Waals surface area (Å²) in [6, 6.07) is 4.15. The Kier molecular flexibility index (Phi) is 5.56. The van der Waals surface area contributed by atoms with E-state index in [4.69, 9.17) is 4.74 Å². The van der Waals surface area contributed by atoms with Crippen molar-refractivity contribution in [2.45, 2.75) is 58.7 Å². The van der Waals surface area contributed by atoms with Crippen molar-refractivity contribution in [2.24, 2.45) is 0 Å². The first-order valence-corrected chi connectivity index (χ1v) is 7.74. The summed E-state index contributed by atoms with van der Waals surface area (Å²) >= 11 is 0. The minimum Gasteiger partial charge on any atom is -0.479 e. The van der Waals surface area contributed by atoms with Crippen LogP contribution in [0.3, 0.4) is 0 Å². The Bertz CT molecular complexity index is 486. The van der Waals surface area contributed by atoms with Gasteiger partial charge in [-0.3, -0.25) is 9.78 Å². The van der Waals surface area contributed by atoms with Gasteiger partial charge in [0.05, 0.1) is 5.69 Å². The van der Waals surface area contributed by atoms with Gasteiger partial charge in [0.2, 0.25) is 0 Å². The minimum atomic E-state index is -0.500. The molecule has 5 heteroatoms. The van der Waals surface area contributed by atoms with Gasteiger partial charge in [0, 0.05) is 18.3 Å². The van der Waals surface area contributed by atoms with Gasteiger partial charge in [-0.15, -0.1) is 0 Å². The Morgan fingerprint density at radius 2 is 2.24 bits per heavy atom. The molecule has 1 heterocycles. The molecule has 0 aliphatic heterocycles. The summed E-state index contributed by atoms with van der Waals surface area (Å²) in [5.74, 6) is 0.633. The first-order valence-electron chi connectivity index (χ1n) is 7.74. The summed E-state index contributed by atoms with van der Waals surface area (Å²) in [7, 11) is 0. The number of hydrogen-bond acceptors (Lipinski definition) is 4. The van der Waals surface area contributed by atoms with Crippen molar-refractivity contribution in [3.05, 3.63) is 23.5 Å². The highest BCUT2D eigenvalue weighted by Crippen LogP contribution is 2.21. The molecule has 0 spiro atoms. The molecule has 2 N–H and O–H groups in total. The zero-order valence-electron chi connectivity index (χ0n) is 13.1. The largest absolute Gasteiger partial charge is 0.479 e. The molecule has 1 saturated carbocycles. The number of carbonyl (C=O) groups excluding carboxylic acids is 1. The second-order valence-electron chi connectivity index (χ2n) is 5.62. The molecule has 0 bridgehead atoms. The highest BCUT2D eigenvalue weighted by atomic mass is 16.5. The number of aromatic nitrogens is 1. The Labute approximate surface area is 126 Å². The van der Waals surface area contributed by atoms with E-state index in [9.17, 15) is 4.79 Å². The van der Waals surface area contributed by atoms with Crippen LogP contribution in [0.25, 0.3) is 0 Å². The van der Waals surface area contributed by atoms with Crippen molar-refractivity contribution in [2.75, 3.05) is 6.54 Å². The van der Waals surface area contributed by atoms with Gasteiger partial charge in [-0.1, -0.05) is 6.92 Å². The van der Waals surface area contributed by atoms with Crippen molar-refractivity contribution in [1.82, 2.24) is 15.6 Å². The lowest BCUT2D eigenvalue weighted by molar-refractivity contribution is -0.127. The van der Waals surface area contributed by atoms with Crippen LogP contribution in [0, 0.1) is 6.92 Å². The maximum atomic E-state index is 12.0. The maximum Gasteiger partial charge on any atom is 0.260 e. The van der Waals surface area contributed by atoms with Gasteiger partial charge in [0.1, 0.15) is 5.75 Å². The lowest BCUT2D eigenvalue weighted by Gasteiger charge is -2.17. The second kappa shape index (κ2) is 7.41. The number of aryl methyl sites for hydroxylation is 1. The third kappa shape index (κ3) is 5.01. The van der Waals surface area contributed by atoms with E-state index in [2.05, 4.69) is 22.5 Å². The van der Waals surface area contributed by atoms with Crippen LogP contribution in [0.4, 0.5) is 0 Å². The number of nitrogens with zero attached hydrogens (tertiary/aromatic N) is 1. The van der Waals surface area contributed by atoms with E-state index in [1.54, 1.807) is 6.92 Å². The number of pyridine rings is 1. The Hall–Kier alpha value is -1.62. The fourth-order valence-corrected chi connectivity index (χ4v) is 2.01. The third-order valence-corrected chi connectivity index (χ3v) is 3.39. The van der Waals surface area contributed by atoms with Gasteiger partial charge in [0.25, 0.3) is 5.91 Å². The molecule has 1 aromatic rings. The topological polar surface area (TPSA) is 63.3 Å². The molecule has 1 amide bonds. The molecule has 0 radical (unpaired) electrons. The van der Waals surface area contributed by atoms with E-state index in [0.29, 0.717) is 18.3 Å². The van der Waals surface area contributed by atoms with E-state index in [1.165, 1.54) is 0 Å². The molecule has 1 atom stereocenters. The van der Waals surface area contributed by atoms with Crippen LogP contribution >= 0.6 is 0 Å². The van der Waals surface area contributed by atoms with Crippen LogP contribution in [0.1, 0.15) is 44.5 Å². The molecular formula is C16H25N3O2. The molecule has 2 rings (SSSR count). The predicted octanol–water partition coefficient (Wildman–Crippen LogP) is 1.94. The molecule has 21 heavy (non-hydrogen) atoms. The molecule has 116 valence electrons. The molecule has 1 fully saturated rings. The van der Waals surface area contributed by atoms with Gasteiger partial charge in [-0.05, 0) is 51.8 Å². The first-order chi connectivity index (χ1) is 10.1. The Balaban J connectivity index is 1.97. The average Bonchev–Trinajstić information content (AvgIpc) is 3.25. The highest BCUT2D eigenvalue weighted by molar-refractivity contribution is 5.81. The number of ether oxygens (including phenoxy) is 1.